The zero-order valence-electron chi connectivity index (χ0n) is 16.8. The molecule has 0 saturated carbocycles. The summed E-state index contributed by atoms with van der Waals surface area (Å²) >= 11 is 6.08. The van der Waals surface area contributed by atoms with E-state index in [9.17, 15) is 23.2 Å². The van der Waals surface area contributed by atoms with E-state index in [4.69, 9.17) is 11.6 Å². The van der Waals surface area contributed by atoms with Crippen molar-refractivity contribution in [2.45, 2.75) is 13.5 Å². The maximum Gasteiger partial charge on any atom is 0.280 e. The van der Waals surface area contributed by atoms with Crippen LogP contribution in [0.4, 0.5) is 8.78 Å². The van der Waals surface area contributed by atoms with Crippen molar-refractivity contribution in [3.05, 3.63) is 97.2 Å². The second kappa shape index (κ2) is 8.43. The summed E-state index contributed by atoms with van der Waals surface area (Å²) in [6.45, 7) is 1.86. The van der Waals surface area contributed by atoms with Crippen molar-refractivity contribution in [2.75, 3.05) is 6.54 Å². The smallest absolute Gasteiger partial charge is 0.280 e. The van der Waals surface area contributed by atoms with Gasteiger partial charge >= 0.3 is 0 Å². The predicted molar refractivity (Wildman–Crippen MR) is 117 cm³/mol. The number of hydrogen-bond donors (Lipinski definition) is 2. The molecule has 0 bridgehead atoms. The molecule has 0 saturated heterocycles. The van der Waals surface area contributed by atoms with Crippen LogP contribution < -0.4 is 16.4 Å². The van der Waals surface area contributed by atoms with E-state index >= 15 is 0 Å². The molecular formula is C22H17ClF2N4O3. The van der Waals surface area contributed by atoms with Gasteiger partial charge in [0.2, 0.25) is 0 Å². The molecule has 10 heteroatoms. The number of aromatic amines is 1. The lowest BCUT2D eigenvalue weighted by Gasteiger charge is -2.11. The minimum absolute atomic E-state index is 0.0371. The summed E-state index contributed by atoms with van der Waals surface area (Å²) in [4.78, 5) is 37.8. The zero-order chi connectivity index (χ0) is 23.0. The van der Waals surface area contributed by atoms with Gasteiger partial charge in [-0.2, -0.15) is 0 Å². The number of amides is 1. The van der Waals surface area contributed by atoms with Crippen molar-refractivity contribution < 1.29 is 13.6 Å². The molecule has 0 unspecified atom stereocenters. The number of benzene rings is 2. The van der Waals surface area contributed by atoms with Crippen LogP contribution in [-0.2, 0) is 6.54 Å². The summed E-state index contributed by atoms with van der Waals surface area (Å²) in [6.07, 6.45) is 0. The lowest BCUT2D eigenvalue weighted by atomic mass is 10.2. The molecular weight excluding hydrogens is 442 g/mol. The van der Waals surface area contributed by atoms with Gasteiger partial charge in [-0.15, -0.1) is 0 Å². The highest BCUT2D eigenvalue weighted by molar-refractivity contribution is 6.32. The number of H-pyrrole nitrogens is 1. The Labute approximate surface area is 184 Å². The first-order valence-electron chi connectivity index (χ1n) is 9.60. The number of halogens is 3. The molecule has 2 aromatic heterocycles. The highest BCUT2D eigenvalue weighted by Crippen LogP contribution is 2.21. The molecule has 164 valence electrons. The maximum absolute atomic E-state index is 13.4. The monoisotopic (exact) mass is 458 g/mol. The van der Waals surface area contributed by atoms with Gasteiger partial charge in [-0.25, -0.2) is 13.5 Å². The number of aromatic nitrogens is 3. The molecule has 1 amide bonds. The summed E-state index contributed by atoms with van der Waals surface area (Å²) in [5, 5.41) is 5.81. The average Bonchev–Trinajstić information content (AvgIpc) is 3.06. The van der Waals surface area contributed by atoms with Crippen molar-refractivity contribution in [2.24, 2.45) is 0 Å². The van der Waals surface area contributed by atoms with Crippen molar-refractivity contribution in [1.82, 2.24) is 19.7 Å². The SMILES string of the molecule is Cc1c2c(=O)n(-c3ccc(F)cc3Cl)[nH]c2cc(=O)n1CCNC(=O)c1ccc(F)cc1. The van der Waals surface area contributed by atoms with Crippen LogP contribution in [0, 0.1) is 18.6 Å². The summed E-state index contributed by atoms with van der Waals surface area (Å²) in [5.41, 5.74) is 0.431. The van der Waals surface area contributed by atoms with E-state index in [0.717, 1.165) is 10.7 Å². The van der Waals surface area contributed by atoms with Crippen LogP contribution in [0.25, 0.3) is 16.6 Å². The standard InChI is InChI=1S/C22H17ClF2N4O3/c1-12-20-17(27-29(22(20)32)18-7-6-15(25)10-16(18)23)11-19(30)28(12)9-8-26-21(31)13-2-4-14(24)5-3-13/h2-7,10-11,27H,8-9H2,1H3,(H,26,31). The van der Waals surface area contributed by atoms with E-state index in [0.29, 0.717) is 11.2 Å². The van der Waals surface area contributed by atoms with Crippen molar-refractivity contribution in [3.63, 3.8) is 0 Å². The first-order valence-corrected chi connectivity index (χ1v) is 9.98. The Kier molecular flexibility index (Phi) is 5.67. The van der Waals surface area contributed by atoms with E-state index in [-0.39, 0.29) is 40.3 Å². The molecule has 0 fully saturated rings. The Hall–Kier alpha value is -3.72. The summed E-state index contributed by atoms with van der Waals surface area (Å²) in [5.74, 6) is -1.40. The number of aryl methyl sites for hydroxylation is 1. The molecule has 0 atom stereocenters. The minimum atomic E-state index is -0.540. The average molecular weight is 459 g/mol. The number of hydrogen-bond acceptors (Lipinski definition) is 3. The molecule has 4 aromatic rings. The number of carbonyl (C=O) groups excluding carboxylic acids is 1. The molecule has 0 aliphatic heterocycles. The fourth-order valence-electron chi connectivity index (χ4n) is 3.50. The van der Waals surface area contributed by atoms with E-state index in [1.54, 1.807) is 6.92 Å². The lowest BCUT2D eigenvalue weighted by molar-refractivity contribution is 0.0952. The predicted octanol–water partition coefficient (Wildman–Crippen LogP) is 3.15. The number of nitrogens with zero attached hydrogens (tertiary/aromatic N) is 2. The number of fused-ring (bicyclic) bond motifs is 1. The highest BCUT2D eigenvalue weighted by atomic mass is 35.5. The number of carbonyl (C=O) groups is 1. The molecule has 0 radical (unpaired) electrons. The quantitative estimate of drug-likeness (QED) is 0.481. The van der Waals surface area contributed by atoms with Gasteiger partial charge in [0.1, 0.15) is 11.6 Å². The lowest BCUT2D eigenvalue weighted by Crippen LogP contribution is -2.32. The molecule has 0 spiro atoms. The highest BCUT2D eigenvalue weighted by Gasteiger charge is 2.17. The van der Waals surface area contributed by atoms with Gasteiger partial charge in [0.25, 0.3) is 17.0 Å². The minimum Gasteiger partial charge on any atom is -0.350 e. The third kappa shape index (κ3) is 3.94. The molecule has 2 N–H and O–H groups in total. The van der Waals surface area contributed by atoms with Crippen LogP contribution in [0.2, 0.25) is 5.02 Å². The van der Waals surface area contributed by atoms with Crippen molar-refractivity contribution in [1.29, 1.82) is 0 Å². The molecule has 0 aliphatic carbocycles. The first-order chi connectivity index (χ1) is 15.3. The zero-order valence-corrected chi connectivity index (χ0v) is 17.5. The molecule has 32 heavy (non-hydrogen) atoms. The Balaban J connectivity index is 1.62. The summed E-state index contributed by atoms with van der Waals surface area (Å²) < 4.78 is 28.9. The molecule has 0 aliphatic rings. The summed E-state index contributed by atoms with van der Waals surface area (Å²) in [6, 6.07) is 9.98. The maximum atomic E-state index is 13.4. The molecule has 2 heterocycles. The van der Waals surface area contributed by atoms with Gasteiger partial charge in [-0.05, 0) is 49.4 Å². The second-order valence-corrected chi connectivity index (χ2v) is 7.53. The van der Waals surface area contributed by atoms with Gasteiger partial charge < -0.3 is 9.88 Å². The molecule has 4 rings (SSSR count). The van der Waals surface area contributed by atoms with Gasteiger partial charge in [0, 0.05) is 30.4 Å². The normalized spacial score (nSPS) is 11.1. The van der Waals surface area contributed by atoms with Gasteiger partial charge in [0.05, 0.1) is 21.6 Å². The largest absolute Gasteiger partial charge is 0.350 e. The Morgan fingerprint density at radius 1 is 1.06 bits per heavy atom. The van der Waals surface area contributed by atoms with Gasteiger partial charge in [0.15, 0.2) is 0 Å². The van der Waals surface area contributed by atoms with Crippen LogP contribution in [0.5, 0.6) is 0 Å². The van der Waals surface area contributed by atoms with Crippen LogP contribution in [0.3, 0.4) is 0 Å². The molecule has 7 nitrogen and oxygen atoms in total. The second-order valence-electron chi connectivity index (χ2n) is 7.12. The van der Waals surface area contributed by atoms with Gasteiger partial charge in [-0.1, -0.05) is 11.6 Å². The van der Waals surface area contributed by atoms with Crippen molar-refractivity contribution in [3.8, 4) is 5.69 Å². The summed E-state index contributed by atoms with van der Waals surface area (Å²) in [7, 11) is 0. The van der Waals surface area contributed by atoms with Crippen LogP contribution in [-0.4, -0.2) is 26.8 Å². The Morgan fingerprint density at radius 2 is 1.75 bits per heavy atom. The fraction of sp³-hybridized carbons (Fsp3) is 0.136. The van der Waals surface area contributed by atoms with E-state index < -0.39 is 23.1 Å². The van der Waals surface area contributed by atoms with Crippen LogP contribution >= 0.6 is 11.6 Å². The third-order valence-corrected chi connectivity index (χ3v) is 5.40. The van der Waals surface area contributed by atoms with Crippen LogP contribution in [0.15, 0.2) is 58.1 Å². The van der Waals surface area contributed by atoms with Crippen molar-refractivity contribution >= 4 is 28.4 Å². The molecule has 2 aromatic carbocycles. The first kappa shape index (κ1) is 21.5. The van der Waals surface area contributed by atoms with E-state index in [1.807, 2.05) is 0 Å². The third-order valence-electron chi connectivity index (χ3n) is 5.10. The van der Waals surface area contributed by atoms with Crippen LogP contribution in [0.1, 0.15) is 16.1 Å². The topological polar surface area (TPSA) is 88.9 Å². The van der Waals surface area contributed by atoms with E-state index in [2.05, 4.69) is 10.4 Å². The fourth-order valence-corrected chi connectivity index (χ4v) is 3.76. The number of pyridine rings is 1. The van der Waals surface area contributed by atoms with E-state index in [1.165, 1.54) is 47.0 Å². The Bertz CT molecular complexity index is 1460. The van der Waals surface area contributed by atoms with Gasteiger partial charge in [-0.3, -0.25) is 19.5 Å². The number of rotatable bonds is 5. The Morgan fingerprint density at radius 3 is 2.44 bits per heavy atom. The number of nitrogens with one attached hydrogen (secondary N) is 2.